The minimum atomic E-state index is -0.364. The van der Waals surface area contributed by atoms with Gasteiger partial charge in [0, 0.05) is 7.05 Å². The van der Waals surface area contributed by atoms with Crippen molar-refractivity contribution in [2.24, 2.45) is 0 Å². The third-order valence-corrected chi connectivity index (χ3v) is 2.25. The summed E-state index contributed by atoms with van der Waals surface area (Å²) in [6.45, 7) is 0. The van der Waals surface area contributed by atoms with E-state index in [9.17, 15) is 4.39 Å². The van der Waals surface area contributed by atoms with Crippen LogP contribution in [0.1, 0.15) is 0 Å². The first kappa shape index (κ1) is 11.1. The molecule has 0 amide bonds. The summed E-state index contributed by atoms with van der Waals surface area (Å²) in [7, 11) is 1.70. The highest BCUT2D eigenvalue weighted by atomic mass is 19.1. The fraction of sp³-hybridized carbons (Fsp3) is 0.0909. The van der Waals surface area contributed by atoms with Crippen LogP contribution in [-0.4, -0.2) is 17.0 Å². The topological polar surface area (TPSA) is 75.9 Å². The van der Waals surface area contributed by atoms with Crippen LogP contribution in [0.15, 0.2) is 30.6 Å². The molecule has 0 radical (unpaired) electrons. The van der Waals surface area contributed by atoms with E-state index in [0.29, 0.717) is 23.0 Å². The van der Waals surface area contributed by atoms with Crippen LogP contribution in [0.5, 0.6) is 0 Å². The summed E-state index contributed by atoms with van der Waals surface area (Å²) in [4.78, 5) is 7.91. The van der Waals surface area contributed by atoms with Crippen molar-refractivity contribution in [1.29, 1.82) is 0 Å². The van der Waals surface area contributed by atoms with Crippen LogP contribution in [0.2, 0.25) is 0 Å². The number of halogens is 1. The largest absolute Gasteiger partial charge is 0.393 e. The second-order valence-corrected chi connectivity index (χ2v) is 3.34. The molecule has 0 saturated carbocycles. The van der Waals surface area contributed by atoms with Gasteiger partial charge in [0.15, 0.2) is 11.6 Å². The lowest BCUT2D eigenvalue weighted by atomic mass is 10.3. The first-order chi connectivity index (χ1) is 8.22. The van der Waals surface area contributed by atoms with Crippen molar-refractivity contribution in [2.75, 3.05) is 23.4 Å². The Bertz CT molecular complexity index is 529. The predicted octanol–water partition coefficient (Wildman–Crippen LogP) is 1.98. The Morgan fingerprint density at radius 3 is 2.59 bits per heavy atom. The second kappa shape index (κ2) is 4.65. The zero-order valence-electron chi connectivity index (χ0n) is 9.24. The van der Waals surface area contributed by atoms with Crippen molar-refractivity contribution in [3.8, 4) is 0 Å². The first-order valence-corrected chi connectivity index (χ1v) is 5.02. The normalized spacial score (nSPS) is 10.0. The van der Waals surface area contributed by atoms with Crippen LogP contribution >= 0.6 is 0 Å². The second-order valence-electron chi connectivity index (χ2n) is 3.34. The zero-order valence-corrected chi connectivity index (χ0v) is 9.24. The van der Waals surface area contributed by atoms with E-state index < -0.39 is 0 Å². The molecule has 0 bridgehead atoms. The number of aromatic nitrogens is 2. The lowest BCUT2D eigenvalue weighted by Crippen LogP contribution is -2.05. The van der Waals surface area contributed by atoms with E-state index in [4.69, 9.17) is 5.73 Å². The van der Waals surface area contributed by atoms with Crippen LogP contribution in [0.4, 0.5) is 27.4 Å². The number of para-hydroxylation sites is 1. The molecular weight excluding hydrogens is 221 g/mol. The zero-order chi connectivity index (χ0) is 12.3. The summed E-state index contributed by atoms with van der Waals surface area (Å²) < 4.78 is 13.4. The molecule has 1 aromatic heterocycles. The molecule has 0 unspecified atom stereocenters. The van der Waals surface area contributed by atoms with Crippen LogP contribution in [0, 0.1) is 5.82 Å². The number of nitrogens with one attached hydrogen (secondary N) is 2. The molecular formula is C11H12FN5. The number of hydrogen-bond acceptors (Lipinski definition) is 5. The Morgan fingerprint density at radius 1 is 1.18 bits per heavy atom. The average Bonchev–Trinajstić information content (AvgIpc) is 2.34. The number of nitrogens with two attached hydrogens (primary N) is 1. The quantitative estimate of drug-likeness (QED) is 0.755. The van der Waals surface area contributed by atoms with Crippen molar-refractivity contribution in [2.45, 2.75) is 0 Å². The summed E-state index contributed by atoms with van der Waals surface area (Å²) >= 11 is 0. The highest BCUT2D eigenvalue weighted by Gasteiger charge is 2.08. The SMILES string of the molecule is CNc1ncnc(Nc2ccccc2F)c1N. The van der Waals surface area contributed by atoms with Crippen molar-refractivity contribution in [1.82, 2.24) is 9.97 Å². The summed E-state index contributed by atoms with van der Waals surface area (Å²) in [5, 5.41) is 5.65. The van der Waals surface area contributed by atoms with Crippen LogP contribution in [-0.2, 0) is 0 Å². The van der Waals surface area contributed by atoms with Gasteiger partial charge in [-0.15, -0.1) is 0 Å². The molecule has 0 atom stereocenters. The number of rotatable bonds is 3. The fourth-order valence-electron chi connectivity index (χ4n) is 1.38. The van der Waals surface area contributed by atoms with Gasteiger partial charge in [-0.2, -0.15) is 0 Å². The van der Waals surface area contributed by atoms with Gasteiger partial charge in [-0.25, -0.2) is 14.4 Å². The molecule has 2 rings (SSSR count). The summed E-state index contributed by atoms with van der Waals surface area (Å²) in [5.74, 6) is 0.504. The lowest BCUT2D eigenvalue weighted by Gasteiger charge is -2.10. The summed E-state index contributed by atoms with van der Waals surface area (Å²) in [6, 6.07) is 6.30. The smallest absolute Gasteiger partial charge is 0.159 e. The van der Waals surface area contributed by atoms with Crippen molar-refractivity contribution in [3.05, 3.63) is 36.4 Å². The van der Waals surface area contributed by atoms with Gasteiger partial charge >= 0.3 is 0 Å². The average molecular weight is 233 g/mol. The number of nitrogens with zero attached hydrogens (tertiary/aromatic N) is 2. The molecule has 5 nitrogen and oxygen atoms in total. The maximum atomic E-state index is 13.4. The molecule has 0 aliphatic carbocycles. The van der Waals surface area contributed by atoms with Crippen LogP contribution in [0.25, 0.3) is 0 Å². The van der Waals surface area contributed by atoms with Crippen LogP contribution < -0.4 is 16.4 Å². The van der Waals surface area contributed by atoms with Crippen molar-refractivity contribution in [3.63, 3.8) is 0 Å². The molecule has 2 aromatic rings. The Balaban J connectivity index is 2.34. The molecule has 1 aromatic carbocycles. The molecule has 0 aliphatic rings. The van der Waals surface area contributed by atoms with Gasteiger partial charge in [0.1, 0.15) is 17.8 Å². The van der Waals surface area contributed by atoms with Gasteiger partial charge in [0.05, 0.1) is 5.69 Å². The van der Waals surface area contributed by atoms with E-state index in [1.165, 1.54) is 12.4 Å². The van der Waals surface area contributed by atoms with E-state index in [-0.39, 0.29) is 5.82 Å². The van der Waals surface area contributed by atoms with Gasteiger partial charge in [-0.3, -0.25) is 0 Å². The van der Waals surface area contributed by atoms with E-state index in [2.05, 4.69) is 20.6 Å². The summed E-state index contributed by atoms with van der Waals surface area (Å²) in [6.07, 6.45) is 1.35. The highest BCUT2D eigenvalue weighted by Crippen LogP contribution is 2.26. The number of nitrogen functional groups attached to an aromatic ring is 1. The van der Waals surface area contributed by atoms with E-state index in [0.717, 1.165) is 0 Å². The number of hydrogen-bond donors (Lipinski definition) is 3. The molecule has 88 valence electrons. The summed E-state index contributed by atoms with van der Waals surface area (Å²) in [5.41, 5.74) is 6.48. The number of anilines is 4. The maximum Gasteiger partial charge on any atom is 0.159 e. The van der Waals surface area contributed by atoms with Gasteiger partial charge in [0.25, 0.3) is 0 Å². The predicted molar refractivity (Wildman–Crippen MR) is 65.7 cm³/mol. The molecule has 4 N–H and O–H groups in total. The highest BCUT2D eigenvalue weighted by molar-refractivity contribution is 5.77. The van der Waals surface area contributed by atoms with E-state index in [1.807, 2.05) is 0 Å². The Morgan fingerprint density at radius 2 is 1.88 bits per heavy atom. The monoisotopic (exact) mass is 233 g/mol. The standard InChI is InChI=1S/C11H12FN5/c1-14-10-9(13)11(16-6-15-10)17-8-5-3-2-4-7(8)12/h2-6H,13H2,1H3,(H2,14,15,16,17). The molecule has 0 aliphatic heterocycles. The molecule has 0 spiro atoms. The molecule has 0 fully saturated rings. The third-order valence-electron chi connectivity index (χ3n) is 2.25. The van der Waals surface area contributed by atoms with Gasteiger partial charge in [-0.05, 0) is 12.1 Å². The Hall–Kier alpha value is -2.37. The van der Waals surface area contributed by atoms with Crippen molar-refractivity contribution < 1.29 is 4.39 Å². The maximum absolute atomic E-state index is 13.4. The minimum Gasteiger partial charge on any atom is -0.393 e. The molecule has 0 saturated heterocycles. The van der Waals surface area contributed by atoms with Gasteiger partial charge in [0.2, 0.25) is 0 Å². The van der Waals surface area contributed by atoms with Crippen LogP contribution in [0.3, 0.4) is 0 Å². The molecule has 17 heavy (non-hydrogen) atoms. The minimum absolute atomic E-state index is 0.319. The van der Waals surface area contributed by atoms with E-state index >= 15 is 0 Å². The fourth-order valence-corrected chi connectivity index (χ4v) is 1.38. The third kappa shape index (κ3) is 2.25. The Labute approximate surface area is 97.9 Å². The first-order valence-electron chi connectivity index (χ1n) is 5.02. The Kier molecular flexibility index (Phi) is 3.04. The lowest BCUT2D eigenvalue weighted by molar-refractivity contribution is 0.632. The van der Waals surface area contributed by atoms with Gasteiger partial charge < -0.3 is 16.4 Å². The van der Waals surface area contributed by atoms with Gasteiger partial charge in [-0.1, -0.05) is 12.1 Å². The molecule has 6 heteroatoms. The van der Waals surface area contributed by atoms with Crippen molar-refractivity contribution >= 4 is 23.0 Å². The van der Waals surface area contributed by atoms with E-state index in [1.54, 1.807) is 25.2 Å². The number of benzene rings is 1. The molecule has 1 heterocycles.